The van der Waals surface area contributed by atoms with Crippen molar-refractivity contribution >= 4 is 11.9 Å². The molecule has 3 aliphatic rings. The largest absolute Gasteiger partial charge is 0.472 e. The number of furan rings is 1. The Labute approximate surface area is 160 Å². The van der Waals surface area contributed by atoms with Gasteiger partial charge in [-0.05, 0) is 55.4 Å². The third kappa shape index (κ3) is 2.82. The van der Waals surface area contributed by atoms with Crippen molar-refractivity contribution in [3.63, 3.8) is 0 Å². The lowest BCUT2D eigenvalue weighted by Crippen LogP contribution is -2.52. The van der Waals surface area contributed by atoms with Gasteiger partial charge in [0.05, 0.1) is 12.5 Å². The number of cyclic esters (lactones) is 1. The van der Waals surface area contributed by atoms with Crippen LogP contribution >= 0.6 is 0 Å². The van der Waals surface area contributed by atoms with Gasteiger partial charge in [-0.25, -0.2) is 4.79 Å². The van der Waals surface area contributed by atoms with Crippen LogP contribution in [0.4, 0.5) is 0 Å². The van der Waals surface area contributed by atoms with Gasteiger partial charge in [0, 0.05) is 23.5 Å². The summed E-state index contributed by atoms with van der Waals surface area (Å²) in [5, 5.41) is 0. The van der Waals surface area contributed by atoms with Crippen LogP contribution < -0.4 is 0 Å². The Morgan fingerprint density at radius 3 is 2.93 bits per heavy atom. The standard InChI is InChI=1S/C22H28O5/c1-14-7-9-22-13-26-20(24)17(22)5-4-6-19(22)21(14,3)11-18(27-15(2)23)16-8-10-25-12-16/h5,8,10,12,14,18-19H,4,6-7,9,11,13H2,1-3H3/t14-,18?,19?,21+,22-/m1/s1. The van der Waals surface area contributed by atoms with Crippen molar-refractivity contribution in [3.05, 3.63) is 35.8 Å². The maximum atomic E-state index is 12.3. The molecule has 5 heteroatoms. The molecule has 4 rings (SSSR count). The number of carbonyl (C=O) groups is 2. The van der Waals surface area contributed by atoms with E-state index in [9.17, 15) is 9.59 Å². The highest BCUT2D eigenvalue weighted by atomic mass is 16.5. The fourth-order valence-electron chi connectivity index (χ4n) is 5.92. The van der Waals surface area contributed by atoms with Crippen LogP contribution in [0, 0.1) is 22.7 Å². The SMILES string of the molecule is CC(=O)OC(C[C@]1(C)C2CCC=C3C(=O)OC[C@]32CC[C@H]1C)c1ccoc1. The van der Waals surface area contributed by atoms with Crippen molar-refractivity contribution in [2.24, 2.45) is 22.7 Å². The molecule has 2 heterocycles. The fraction of sp³-hybridized carbons (Fsp3) is 0.636. The summed E-state index contributed by atoms with van der Waals surface area (Å²) in [5.41, 5.74) is 1.55. The first-order valence-corrected chi connectivity index (χ1v) is 9.94. The quantitative estimate of drug-likeness (QED) is 0.723. The molecule has 0 amide bonds. The zero-order valence-corrected chi connectivity index (χ0v) is 16.3. The summed E-state index contributed by atoms with van der Waals surface area (Å²) < 4.78 is 16.5. The van der Waals surface area contributed by atoms with Crippen molar-refractivity contribution in [1.82, 2.24) is 0 Å². The number of allylic oxidation sites excluding steroid dienone is 1. The molecule has 0 N–H and O–H groups in total. The zero-order chi connectivity index (χ0) is 19.2. The van der Waals surface area contributed by atoms with E-state index in [0.29, 0.717) is 18.4 Å². The zero-order valence-electron chi connectivity index (χ0n) is 16.3. The van der Waals surface area contributed by atoms with Crippen LogP contribution in [0.3, 0.4) is 0 Å². The molecule has 146 valence electrons. The molecule has 1 saturated carbocycles. The minimum absolute atomic E-state index is 0.0663. The summed E-state index contributed by atoms with van der Waals surface area (Å²) in [6.45, 7) is 6.55. The Balaban J connectivity index is 1.70. The molecule has 1 aromatic rings. The summed E-state index contributed by atoms with van der Waals surface area (Å²) in [7, 11) is 0. The highest BCUT2D eigenvalue weighted by Crippen LogP contribution is 2.64. The van der Waals surface area contributed by atoms with Gasteiger partial charge in [-0.3, -0.25) is 4.79 Å². The lowest BCUT2D eigenvalue weighted by molar-refractivity contribution is -0.153. The van der Waals surface area contributed by atoms with Gasteiger partial charge in [0.1, 0.15) is 12.7 Å². The predicted molar refractivity (Wildman–Crippen MR) is 98.5 cm³/mol. The van der Waals surface area contributed by atoms with Gasteiger partial charge in [-0.1, -0.05) is 19.9 Å². The maximum absolute atomic E-state index is 12.3. The number of hydrogen-bond acceptors (Lipinski definition) is 5. The number of carbonyl (C=O) groups excluding carboxylic acids is 2. The lowest BCUT2D eigenvalue weighted by Gasteiger charge is -2.57. The third-order valence-electron chi connectivity index (χ3n) is 7.48. The van der Waals surface area contributed by atoms with Crippen LogP contribution in [0.5, 0.6) is 0 Å². The van der Waals surface area contributed by atoms with Gasteiger partial charge in [0.15, 0.2) is 0 Å². The molecule has 2 aliphatic carbocycles. The van der Waals surface area contributed by atoms with Crippen LogP contribution in [0.1, 0.15) is 64.5 Å². The molecule has 1 spiro atoms. The molecular weight excluding hydrogens is 344 g/mol. The first-order chi connectivity index (χ1) is 12.9. The van der Waals surface area contributed by atoms with Crippen molar-refractivity contribution < 1.29 is 23.5 Å². The summed E-state index contributed by atoms with van der Waals surface area (Å²) in [6.07, 6.45) is 9.75. The van der Waals surface area contributed by atoms with Crippen LogP contribution in [0.25, 0.3) is 0 Å². The molecule has 5 nitrogen and oxygen atoms in total. The fourth-order valence-corrected chi connectivity index (χ4v) is 5.92. The monoisotopic (exact) mass is 372 g/mol. The van der Waals surface area contributed by atoms with Crippen LogP contribution in [0.2, 0.25) is 0 Å². The van der Waals surface area contributed by atoms with Crippen molar-refractivity contribution in [2.45, 2.75) is 59.0 Å². The van der Waals surface area contributed by atoms with Crippen LogP contribution in [-0.2, 0) is 19.1 Å². The van der Waals surface area contributed by atoms with Crippen LogP contribution in [0.15, 0.2) is 34.7 Å². The molecule has 0 bridgehead atoms. The van der Waals surface area contributed by atoms with Gasteiger partial charge in [-0.2, -0.15) is 0 Å². The average Bonchev–Trinajstić information content (AvgIpc) is 3.27. The summed E-state index contributed by atoms with van der Waals surface area (Å²) >= 11 is 0. The normalized spacial score (nSPS) is 36.3. The highest BCUT2D eigenvalue weighted by molar-refractivity contribution is 5.92. The Morgan fingerprint density at radius 2 is 2.22 bits per heavy atom. The van der Waals surface area contributed by atoms with Crippen LogP contribution in [-0.4, -0.2) is 18.5 Å². The number of hydrogen-bond donors (Lipinski definition) is 0. The van der Waals surface area contributed by atoms with E-state index in [1.807, 2.05) is 6.07 Å². The smallest absolute Gasteiger partial charge is 0.334 e. The van der Waals surface area contributed by atoms with E-state index in [-0.39, 0.29) is 28.9 Å². The number of esters is 2. The average molecular weight is 372 g/mol. The second-order valence-electron chi connectivity index (χ2n) is 8.78. The second kappa shape index (κ2) is 6.54. The Bertz CT molecular complexity index is 764. The third-order valence-corrected chi connectivity index (χ3v) is 7.48. The van der Waals surface area contributed by atoms with Gasteiger partial charge < -0.3 is 13.9 Å². The predicted octanol–water partition coefficient (Wildman–Crippen LogP) is 4.59. The molecule has 5 atom stereocenters. The second-order valence-corrected chi connectivity index (χ2v) is 8.78. The molecule has 1 aliphatic heterocycles. The summed E-state index contributed by atoms with van der Waals surface area (Å²) in [6, 6.07) is 1.87. The topological polar surface area (TPSA) is 65.7 Å². The molecule has 1 aromatic heterocycles. The molecule has 2 fully saturated rings. The van der Waals surface area contributed by atoms with E-state index in [4.69, 9.17) is 13.9 Å². The van der Waals surface area contributed by atoms with E-state index >= 15 is 0 Å². The Kier molecular flexibility index (Phi) is 4.44. The molecule has 0 aromatic carbocycles. The first kappa shape index (κ1) is 18.3. The maximum Gasteiger partial charge on any atom is 0.334 e. The highest BCUT2D eigenvalue weighted by Gasteiger charge is 2.61. The van der Waals surface area contributed by atoms with E-state index in [1.165, 1.54) is 6.92 Å². The lowest BCUT2D eigenvalue weighted by atomic mass is 9.46. The minimum atomic E-state index is -0.337. The first-order valence-electron chi connectivity index (χ1n) is 9.94. The van der Waals surface area contributed by atoms with E-state index in [0.717, 1.165) is 43.2 Å². The molecule has 1 saturated heterocycles. The van der Waals surface area contributed by atoms with Gasteiger partial charge in [0.25, 0.3) is 0 Å². The van der Waals surface area contributed by atoms with Gasteiger partial charge in [-0.15, -0.1) is 0 Å². The number of ether oxygens (including phenoxy) is 2. The summed E-state index contributed by atoms with van der Waals surface area (Å²) in [4.78, 5) is 24.1. The summed E-state index contributed by atoms with van der Waals surface area (Å²) in [5.74, 6) is 0.382. The van der Waals surface area contributed by atoms with Crippen molar-refractivity contribution in [2.75, 3.05) is 6.61 Å². The van der Waals surface area contributed by atoms with E-state index in [1.54, 1.807) is 12.5 Å². The van der Waals surface area contributed by atoms with Crippen molar-refractivity contribution in [1.29, 1.82) is 0 Å². The van der Waals surface area contributed by atoms with E-state index in [2.05, 4.69) is 19.9 Å². The number of rotatable bonds is 4. The Hall–Kier alpha value is -2.04. The minimum Gasteiger partial charge on any atom is -0.472 e. The van der Waals surface area contributed by atoms with E-state index < -0.39 is 0 Å². The Morgan fingerprint density at radius 1 is 1.41 bits per heavy atom. The molecule has 2 unspecified atom stereocenters. The van der Waals surface area contributed by atoms with Gasteiger partial charge in [0.2, 0.25) is 0 Å². The molecule has 0 radical (unpaired) electrons. The molecule has 27 heavy (non-hydrogen) atoms. The van der Waals surface area contributed by atoms with Gasteiger partial charge >= 0.3 is 11.9 Å². The molecular formula is C22H28O5. The van der Waals surface area contributed by atoms with Crippen molar-refractivity contribution in [3.8, 4) is 0 Å².